The number of hydrogen-bond acceptors (Lipinski definition) is 3. The summed E-state index contributed by atoms with van der Waals surface area (Å²) >= 11 is 0. The van der Waals surface area contributed by atoms with Crippen molar-refractivity contribution in [2.24, 2.45) is 0 Å². The Morgan fingerprint density at radius 2 is 1.69 bits per heavy atom. The lowest BCUT2D eigenvalue weighted by Gasteiger charge is -2.35. The lowest BCUT2D eigenvalue weighted by molar-refractivity contribution is -0.117. The molecule has 4 heteroatoms. The molecule has 144 valence electrons. The van der Waals surface area contributed by atoms with E-state index in [0.717, 1.165) is 22.4 Å². The van der Waals surface area contributed by atoms with Crippen molar-refractivity contribution in [1.82, 2.24) is 0 Å². The molecule has 1 unspecified atom stereocenters. The predicted octanol–water partition coefficient (Wildman–Crippen LogP) is 5.12. The summed E-state index contributed by atoms with van der Waals surface area (Å²) in [5.41, 5.74) is 2.43. The first-order chi connectivity index (χ1) is 14.2. The summed E-state index contributed by atoms with van der Waals surface area (Å²) in [6, 6.07) is 27.6. The minimum Gasteiger partial charge on any atom is -0.488 e. The van der Waals surface area contributed by atoms with E-state index in [1.54, 1.807) is 4.90 Å². The van der Waals surface area contributed by atoms with Crippen molar-refractivity contribution in [3.05, 3.63) is 95.6 Å². The third kappa shape index (κ3) is 3.36. The lowest BCUT2D eigenvalue weighted by atomic mass is 9.87. The molecule has 4 nitrogen and oxygen atoms in total. The van der Waals surface area contributed by atoms with E-state index in [4.69, 9.17) is 4.74 Å². The molecule has 0 radical (unpaired) electrons. The number of carbonyl (C=O) groups is 1. The lowest BCUT2D eigenvalue weighted by Crippen LogP contribution is -2.43. The van der Waals surface area contributed by atoms with Gasteiger partial charge in [-0.15, -0.1) is 0 Å². The highest BCUT2D eigenvalue weighted by Crippen LogP contribution is 2.46. The first-order valence-corrected chi connectivity index (χ1v) is 9.72. The van der Waals surface area contributed by atoms with Crippen LogP contribution in [0.1, 0.15) is 29.5 Å². The number of nitrogens with zero attached hydrogens (tertiary/aromatic N) is 2. The van der Waals surface area contributed by atoms with Gasteiger partial charge < -0.3 is 4.74 Å². The van der Waals surface area contributed by atoms with Crippen LogP contribution >= 0.6 is 0 Å². The zero-order valence-corrected chi connectivity index (χ0v) is 16.3. The molecule has 4 rings (SSSR count). The van der Waals surface area contributed by atoms with Gasteiger partial charge in [-0.25, -0.2) is 0 Å². The summed E-state index contributed by atoms with van der Waals surface area (Å²) in [7, 11) is 0. The molecule has 1 aliphatic heterocycles. The number of benzene rings is 3. The van der Waals surface area contributed by atoms with Gasteiger partial charge in [0.2, 0.25) is 5.91 Å². The molecular weight excluding hydrogens is 360 g/mol. The molecule has 0 aliphatic carbocycles. The molecule has 1 atom stereocenters. The summed E-state index contributed by atoms with van der Waals surface area (Å²) in [4.78, 5) is 14.6. The van der Waals surface area contributed by atoms with Gasteiger partial charge >= 0.3 is 0 Å². The minimum atomic E-state index is -1.09. The summed E-state index contributed by atoms with van der Waals surface area (Å²) in [5, 5.41) is 10.3. The maximum absolute atomic E-state index is 12.9. The van der Waals surface area contributed by atoms with Crippen LogP contribution in [0.2, 0.25) is 0 Å². The monoisotopic (exact) mass is 382 g/mol. The van der Waals surface area contributed by atoms with Crippen LogP contribution in [0.3, 0.4) is 0 Å². The third-order valence-corrected chi connectivity index (χ3v) is 5.44. The van der Waals surface area contributed by atoms with Gasteiger partial charge in [-0.2, -0.15) is 5.26 Å². The van der Waals surface area contributed by atoms with Crippen LogP contribution in [0, 0.1) is 18.3 Å². The molecule has 3 aromatic rings. The molecule has 3 aromatic carbocycles. The number of rotatable bonds is 5. The van der Waals surface area contributed by atoms with E-state index in [2.05, 4.69) is 6.07 Å². The van der Waals surface area contributed by atoms with Crippen molar-refractivity contribution in [2.75, 3.05) is 4.90 Å². The average Bonchev–Trinajstić information content (AvgIpc) is 3.11. The number of ether oxygens (including phenoxy) is 1. The number of para-hydroxylation sites is 2. The van der Waals surface area contributed by atoms with Crippen molar-refractivity contribution < 1.29 is 9.53 Å². The van der Waals surface area contributed by atoms with Gasteiger partial charge in [-0.05, 0) is 36.6 Å². The van der Waals surface area contributed by atoms with Crippen LogP contribution in [0.15, 0.2) is 78.9 Å². The van der Waals surface area contributed by atoms with E-state index in [-0.39, 0.29) is 5.91 Å². The van der Waals surface area contributed by atoms with E-state index in [1.807, 2.05) is 85.8 Å². The van der Waals surface area contributed by atoms with Crippen molar-refractivity contribution in [2.45, 2.75) is 31.9 Å². The molecular formula is C25H22N2O2. The molecule has 1 heterocycles. The van der Waals surface area contributed by atoms with Crippen molar-refractivity contribution in [1.29, 1.82) is 5.26 Å². The van der Waals surface area contributed by atoms with Gasteiger partial charge in [-0.1, -0.05) is 66.7 Å². The highest BCUT2D eigenvalue weighted by Gasteiger charge is 2.50. The van der Waals surface area contributed by atoms with E-state index in [0.29, 0.717) is 25.2 Å². The van der Waals surface area contributed by atoms with Gasteiger partial charge in [0.15, 0.2) is 5.54 Å². The van der Waals surface area contributed by atoms with Crippen LogP contribution in [-0.4, -0.2) is 5.91 Å². The molecule has 1 fully saturated rings. The number of hydrogen-bond donors (Lipinski definition) is 0. The Kier molecular flexibility index (Phi) is 5.05. The molecule has 0 N–H and O–H groups in total. The third-order valence-electron chi connectivity index (χ3n) is 5.44. The quantitative estimate of drug-likeness (QED) is 0.615. The molecule has 0 aromatic heterocycles. The van der Waals surface area contributed by atoms with E-state index >= 15 is 0 Å². The number of anilines is 1. The van der Waals surface area contributed by atoms with Gasteiger partial charge in [-0.3, -0.25) is 9.69 Å². The van der Waals surface area contributed by atoms with E-state index < -0.39 is 5.54 Å². The number of aryl methyl sites for hydroxylation is 1. The van der Waals surface area contributed by atoms with Crippen molar-refractivity contribution >= 4 is 11.6 Å². The summed E-state index contributed by atoms with van der Waals surface area (Å²) in [5.74, 6) is 0.588. The number of nitriles is 1. The Labute approximate surface area is 171 Å². The second kappa shape index (κ2) is 7.81. The number of amides is 1. The standard InChI is InChI=1S/C25H22N2O2/c1-19-9-5-7-13-22(19)27-24(28)15-16-25(27,18-26)21-12-6-8-14-23(21)29-17-20-10-3-2-4-11-20/h2-14H,15-17H2,1H3. The molecule has 0 spiro atoms. The summed E-state index contributed by atoms with van der Waals surface area (Å²) in [6.07, 6.45) is 0.761. The second-order valence-electron chi connectivity index (χ2n) is 7.26. The Hall–Kier alpha value is -3.58. The van der Waals surface area contributed by atoms with Gasteiger partial charge in [0.25, 0.3) is 0 Å². The fraction of sp³-hybridized carbons (Fsp3) is 0.200. The summed E-state index contributed by atoms with van der Waals surface area (Å²) in [6.45, 7) is 2.36. The highest BCUT2D eigenvalue weighted by atomic mass is 16.5. The Balaban J connectivity index is 1.76. The normalized spacial score (nSPS) is 18.5. The fourth-order valence-electron chi connectivity index (χ4n) is 3.97. The fourth-order valence-corrected chi connectivity index (χ4v) is 3.97. The number of carbonyl (C=O) groups excluding carboxylic acids is 1. The van der Waals surface area contributed by atoms with Crippen LogP contribution in [0.5, 0.6) is 5.75 Å². The predicted molar refractivity (Wildman–Crippen MR) is 112 cm³/mol. The highest BCUT2D eigenvalue weighted by molar-refractivity contribution is 5.99. The SMILES string of the molecule is Cc1ccccc1N1C(=O)CCC1(C#N)c1ccccc1OCc1ccccc1. The van der Waals surface area contributed by atoms with Gasteiger partial charge in [0, 0.05) is 17.7 Å². The molecule has 1 aliphatic rings. The zero-order chi connectivity index (χ0) is 20.3. The Morgan fingerprint density at radius 1 is 1.00 bits per heavy atom. The molecule has 1 amide bonds. The van der Waals surface area contributed by atoms with Crippen molar-refractivity contribution in [3.63, 3.8) is 0 Å². The van der Waals surface area contributed by atoms with Crippen LogP contribution in [-0.2, 0) is 16.9 Å². The summed E-state index contributed by atoms with van der Waals surface area (Å²) < 4.78 is 6.12. The van der Waals surface area contributed by atoms with E-state index in [9.17, 15) is 10.1 Å². The molecule has 1 saturated heterocycles. The smallest absolute Gasteiger partial charge is 0.228 e. The Bertz CT molecular complexity index is 1070. The van der Waals surface area contributed by atoms with Crippen LogP contribution < -0.4 is 9.64 Å². The zero-order valence-electron chi connectivity index (χ0n) is 16.3. The first kappa shape index (κ1) is 18.8. The first-order valence-electron chi connectivity index (χ1n) is 9.72. The molecule has 0 saturated carbocycles. The second-order valence-corrected chi connectivity index (χ2v) is 7.26. The van der Waals surface area contributed by atoms with Gasteiger partial charge in [0.1, 0.15) is 12.4 Å². The van der Waals surface area contributed by atoms with Crippen molar-refractivity contribution in [3.8, 4) is 11.8 Å². The van der Waals surface area contributed by atoms with Crippen LogP contribution in [0.25, 0.3) is 0 Å². The van der Waals surface area contributed by atoms with E-state index in [1.165, 1.54) is 0 Å². The molecule has 0 bridgehead atoms. The average molecular weight is 382 g/mol. The maximum atomic E-state index is 12.9. The minimum absolute atomic E-state index is 0.0429. The largest absolute Gasteiger partial charge is 0.488 e. The maximum Gasteiger partial charge on any atom is 0.228 e. The van der Waals surface area contributed by atoms with Gasteiger partial charge in [0.05, 0.1) is 6.07 Å². The Morgan fingerprint density at radius 3 is 2.45 bits per heavy atom. The topological polar surface area (TPSA) is 53.3 Å². The molecule has 29 heavy (non-hydrogen) atoms. The van der Waals surface area contributed by atoms with Crippen LogP contribution in [0.4, 0.5) is 5.69 Å².